The molecule has 2 N–H and O–H groups in total. The first kappa shape index (κ1) is 14.8. The van der Waals surface area contributed by atoms with Crippen molar-refractivity contribution in [3.8, 4) is 0 Å². The van der Waals surface area contributed by atoms with Crippen LogP contribution in [0.15, 0.2) is 18.2 Å². The summed E-state index contributed by atoms with van der Waals surface area (Å²) in [5.41, 5.74) is -0.603. The Bertz CT molecular complexity index is 497. The summed E-state index contributed by atoms with van der Waals surface area (Å²) in [4.78, 5) is 11.9. The van der Waals surface area contributed by atoms with E-state index >= 15 is 0 Å². The van der Waals surface area contributed by atoms with E-state index in [1.807, 2.05) is 0 Å². The Hall–Kier alpha value is -1.60. The zero-order valence-electron chi connectivity index (χ0n) is 10.9. The second-order valence-electron chi connectivity index (χ2n) is 4.53. The minimum absolute atomic E-state index is 0.00267. The molecule has 0 bridgehead atoms. The Balaban J connectivity index is 2.15. The molecule has 4 nitrogen and oxygen atoms in total. The van der Waals surface area contributed by atoms with Crippen molar-refractivity contribution in [2.45, 2.75) is 19.2 Å². The molecule has 2 rings (SSSR count). The molecule has 1 fully saturated rings. The van der Waals surface area contributed by atoms with Crippen LogP contribution >= 0.6 is 0 Å². The number of amides is 1. The number of hydrogen-bond donors (Lipinski definition) is 2. The molecule has 1 aromatic rings. The summed E-state index contributed by atoms with van der Waals surface area (Å²) in [5.74, 6) is -0.445. The fraction of sp³-hybridized carbons (Fsp3) is 0.462. The highest BCUT2D eigenvalue weighted by Crippen LogP contribution is 2.34. The van der Waals surface area contributed by atoms with Crippen LogP contribution in [0, 0.1) is 6.92 Å². The van der Waals surface area contributed by atoms with Gasteiger partial charge < -0.3 is 15.4 Å². The Labute approximate surface area is 114 Å². The topological polar surface area (TPSA) is 50.4 Å². The molecule has 1 amide bonds. The van der Waals surface area contributed by atoms with Crippen molar-refractivity contribution in [3.05, 3.63) is 29.3 Å². The number of nitrogens with one attached hydrogen (secondary N) is 2. The first-order valence-electron chi connectivity index (χ1n) is 6.19. The second kappa shape index (κ2) is 5.80. The average Bonchev–Trinajstić information content (AvgIpc) is 2.40. The summed E-state index contributed by atoms with van der Waals surface area (Å²) < 4.78 is 43.6. The summed E-state index contributed by atoms with van der Waals surface area (Å²) in [7, 11) is 0. The van der Waals surface area contributed by atoms with Crippen molar-refractivity contribution < 1.29 is 22.7 Å². The van der Waals surface area contributed by atoms with Crippen LogP contribution in [0.3, 0.4) is 0 Å². The molecule has 1 saturated heterocycles. The molecule has 7 heteroatoms. The predicted molar refractivity (Wildman–Crippen MR) is 67.4 cm³/mol. The Kier molecular flexibility index (Phi) is 4.29. The normalized spacial score (nSPS) is 19.7. The van der Waals surface area contributed by atoms with Gasteiger partial charge in [-0.1, -0.05) is 6.07 Å². The maximum Gasteiger partial charge on any atom is 0.416 e. The summed E-state index contributed by atoms with van der Waals surface area (Å²) in [5, 5.41) is 5.47. The van der Waals surface area contributed by atoms with Crippen LogP contribution in [-0.4, -0.2) is 31.7 Å². The van der Waals surface area contributed by atoms with Crippen molar-refractivity contribution in [2.75, 3.05) is 25.0 Å². The van der Waals surface area contributed by atoms with Gasteiger partial charge in [-0.3, -0.25) is 4.79 Å². The molecule has 0 spiro atoms. The van der Waals surface area contributed by atoms with Crippen LogP contribution in [0.5, 0.6) is 0 Å². The Morgan fingerprint density at radius 1 is 1.45 bits per heavy atom. The summed E-state index contributed by atoms with van der Waals surface area (Å²) in [6, 6.07) is 3.70. The largest absolute Gasteiger partial charge is 0.416 e. The highest BCUT2D eigenvalue weighted by Gasteiger charge is 2.33. The highest BCUT2D eigenvalue weighted by atomic mass is 19.4. The molecule has 1 aliphatic rings. The van der Waals surface area contributed by atoms with Crippen molar-refractivity contribution in [2.24, 2.45) is 0 Å². The molecule has 1 unspecified atom stereocenters. The maximum absolute atomic E-state index is 12.8. The van der Waals surface area contributed by atoms with Crippen molar-refractivity contribution in [3.63, 3.8) is 0 Å². The van der Waals surface area contributed by atoms with Gasteiger partial charge in [-0.25, -0.2) is 0 Å². The third-order valence-corrected chi connectivity index (χ3v) is 3.12. The van der Waals surface area contributed by atoms with Gasteiger partial charge >= 0.3 is 6.18 Å². The molecule has 110 valence electrons. The number of carbonyl (C=O) groups excluding carboxylic acids is 1. The van der Waals surface area contributed by atoms with Crippen LogP contribution in [0.25, 0.3) is 0 Å². The van der Waals surface area contributed by atoms with Gasteiger partial charge in [-0.05, 0) is 24.6 Å². The Morgan fingerprint density at radius 3 is 2.80 bits per heavy atom. The van der Waals surface area contributed by atoms with E-state index in [0.717, 1.165) is 6.07 Å². The molecular formula is C13H15F3N2O2. The van der Waals surface area contributed by atoms with E-state index in [9.17, 15) is 18.0 Å². The van der Waals surface area contributed by atoms with Gasteiger partial charge in [0.1, 0.15) is 6.10 Å². The molecule has 0 saturated carbocycles. The van der Waals surface area contributed by atoms with Crippen molar-refractivity contribution >= 4 is 11.6 Å². The summed E-state index contributed by atoms with van der Waals surface area (Å²) >= 11 is 0. The van der Waals surface area contributed by atoms with Crippen LogP contribution in [0.4, 0.5) is 18.9 Å². The lowest BCUT2D eigenvalue weighted by Crippen LogP contribution is -2.45. The van der Waals surface area contributed by atoms with Gasteiger partial charge in [-0.2, -0.15) is 13.2 Å². The van der Waals surface area contributed by atoms with Gasteiger partial charge in [0.05, 0.1) is 12.2 Å². The minimum atomic E-state index is -4.44. The zero-order valence-corrected chi connectivity index (χ0v) is 10.9. The predicted octanol–water partition coefficient (Wildman–Crippen LogP) is 1.94. The number of ether oxygens (including phenoxy) is 1. The fourth-order valence-electron chi connectivity index (χ4n) is 2.03. The number of carbonyl (C=O) groups is 1. The fourth-order valence-corrected chi connectivity index (χ4v) is 2.03. The molecule has 1 atom stereocenters. The van der Waals surface area contributed by atoms with E-state index < -0.39 is 23.8 Å². The van der Waals surface area contributed by atoms with E-state index in [-0.39, 0.29) is 11.3 Å². The van der Waals surface area contributed by atoms with Crippen molar-refractivity contribution in [1.82, 2.24) is 5.32 Å². The first-order valence-corrected chi connectivity index (χ1v) is 6.19. The van der Waals surface area contributed by atoms with Crippen LogP contribution < -0.4 is 10.6 Å². The molecule has 1 aliphatic heterocycles. The summed E-state index contributed by atoms with van der Waals surface area (Å²) in [6.45, 7) is 2.74. The first-order chi connectivity index (χ1) is 9.39. The molecule has 0 aromatic heterocycles. The monoisotopic (exact) mass is 288 g/mol. The number of morpholine rings is 1. The molecule has 1 aromatic carbocycles. The van der Waals surface area contributed by atoms with E-state index in [0.29, 0.717) is 19.7 Å². The quantitative estimate of drug-likeness (QED) is 0.874. The number of alkyl halides is 3. The standard InChI is InChI=1S/C13H15F3N2O2/c1-8-9(13(14,15)16)3-2-4-10(8)18-12(19)11-7-17-5-6-20-11/h2-4,11,17H,5-7H2,1H3,(H,18,19). The van der Waals surface area contributed by atoms with E-state index in [1.165, 1.54) is 19.1 Å². The Morgan fingerprint density at radius 2 is 2.20 bits per heavy atom. The number of benzene rings is 1. The smallest absolute Gasteiger partial charge is 0.366 e. The van der Waals surface area contributed by atoms with Gasteiger partial charge in [0, 0.05) is 18.8 Å². The SMILES string of the molecule is Cc1c(NC(=O)C2CNCCO2)cccc1C(F)(F)F. The molecule has 0 aliphatic carbocycles. The number of halogens is 3. The number of anilines is 1. The van der Waals surface area contributed by atoms with Gasteiger partial charge in [0.2, 0.25) is 0 Å². The molecular weight excluding hydrogens is 273 g/mol. The lowest BCUT2D eigenvalue weighted by atomic mass is 10.1. The third kappa shape index (κ3) is 3.29. The third-order valence-electron chi connectivity index (χ3n) is 3.12. The average molecular weight is 288 g/mol. The van der Waals surface area contributed by atoms with Crippen LogP contribution in [0.1, 0.15) is 11.1 Å². The van der Waals surface area contributed by atoms with Crippen molar-refractivity contribution in [1.29, 1.82) is 0 Å². The highest BCUT2D eigenvalue weighted by molar-refractivity contribution is 5.95. The van der Waals surface area contributed by atoms with E-state index in [1.54, 1.807) is 0 Å². The molecule has 0 radical (unpaired) electrons. The van der Waals surface area contributed by atoms with Gasteiger partial charge in [0.25, 0.3) is 5.91 Å². The maximum atomic E-state index is 12.8. The minimum Gasteiger partial charge on any atom is -0.366 e. The van der Waals surface area contributed by atoms with E-state index in [2.05, 4.69) is 10.6 Å². The zero-order chi connectivity index (χ0) is 14.8. The van der Waals surface area contributed by atoms with Crippen LogP contribution in [-0.2, 0) is 15.7 Å². The van der Waals surface area contributed by atoms with Gasteiger partial charge in [0.15, 0.2) is 0 Å². The lowest BCUT2D eigenvalue weighted by Gasteiger charge is -2.23. The summed E-state index contributed by atoms with van der Waals surface area (Å²) in [6.07, 6.45) is -5.12. The molecule has 20 heavy (non-hydrogen) atoms. The second-order valence-corrected chi connectivity index (χ2v) is 4.53. The van der Waals surface area contributed by atoms with Crippen LogP contribution in [0.2, 0.25) is 0 Å². The van der Waals surface area contributed by atoms with Gasteiger partial charge in [-0.15, -0.1) is 0 Å². The van der Waals surface area contributed by atoms with E-state index in [4.69, 9.17) is 4.74 Å². The number of hydrogen-bond acceptors (Lipinski definition) is 3. The molecule has 1 heterocycles. The number of rotatable bonds is 2. The lowest BCUT2D eigenvalue weighted by molar-refractivity contribution is -0.138.